The fourth-order valence-electron chi connectivity index (χ4n) is 1.66. The monoisotopic (exact) mass is 237 g/mol. The number of benzene rings is 1. The molecule has 2 N–H and O–H groups in total. The average molecular weight is 237 g/mol. The number of nitrogens with two attached hydrogens (primary N) is 1. The molecule has 0 spiro atoms. The molecule has 1 unspecified atom stereocenters. The van der Waals surface area contributed by atoms with Gasteiger partial charge in [0.25, 0.3) is 0 Å². The first kappa shape index (κ1) is 11.0. The van der Waals surface area contributed by atoms with Crippen LogP contribution in [0.5, 0.6) is 0 Å². The maximum atomic E-state index is 11.7. The standard InChI is InChI=1S/C11H11NO3S/c1-7(12)11(13)9-6-16(14,15)10-5-3-2-4-8(9)10/h2-7H,12H2,1H3. The van der Waals surface area contributed by atoms with Crippen LogP contribution < -0.4 is 5.73 Å². The first-order valence-electron chi connectivity index (χ1n) is 4.79. The Labute approximate surface area is 93.7 Å². The van der Waals surface area contributed by atoms with Crippen LogP contribution in [-0.2, 0) is 14.6 Å². The Morgan fingerprint density at radius 1 is 1.31 bits per heavy atom. The molecule has 0 amide bonds. The SMILES string of the molecule is CC(N)C(=O)C1=CS(=O)(=O)c2ccccc21. The minimum absolute atomic E-state index is 0.180. The molecule has 0 aliphatic carbocycles. The molecule has 1 atom stereocenters. The first-order valence-corrected chi connectivity index (χ1v) is 6.34. The zero-order valence-corrected chi connectivity index (χ0v) is 9.49. The molecular formula is C11H11NO3S. The van der Waals surface area contributed by atoms with Gasteiger partial charge >= 0.3 is 0 Å². The molecule has 4 nitrogen and oxygen atoms in total. The van der Waals surface area contributed by atoms with Crippen LogP contribution in [0.2, 0.25) is 0 Å². The van der Waals surface area contributed by atoms with Gasteiger partial charge < -0.3 is 5.73 Å². The summed E-state index contributed by atoms with van der Waals surface area (Å²) in [6.45, 7) is 1.54. The third-order valence-corrected chi connectivity index (χ3v) is 3.95. The minimum Gasteiger partial charge on any atom is -0.321 e. The molecule has 1 aliphatic rings. The molecule has 84 valence electrons. The van der Waals surface area contributed by atoms with E-state index in [2.05, 4.69) is 0 Å². The lowest BCUT2D eigenvalue weighted by atomic mass is 10.0. The first-order chi connectivity index (χ1) is 7.43. The number of hydrogen-bond donors (Lipinski definition) is 1. The lowest BCUT2D eigenvalue weighted by Crippen LogP contribution is -2.27. The van der Waals surface area contributed by atoms with Gasteiger partial charge in [-0.1, -0.05) is 18.2 Å². The van der Waals surface area contributed by atoms with Crippen molar-refractivity contribution in [2.75, 3.05) is 0 Å². The smallest absolute Gasteiger partial charge is 0.201 e. The summed E-state index contributed by atoms with van der Waals surface area (Å²) < 4.78 is 23.4. The highest BCUT2D eigenvalue weighted by molar-refractivity contribution is 7.95. The summed E-state index contributed by atoms with van der Waals surface area (Å²) in [5, 5.41) is 1.00. The second-order valence-electron chi connectivity index (χ2n) is 3.73. The van der Waals surface area contributed by atoms with Crippen molar-refractivity contribution in [2.24, 2.45) is 5.73 Å². The lowest BCUT2D eigenvalue weighted by molar-refractivity contribution is -0.114. The van der Waals surface area contributed by atoms with E-state index in [0.717, 1.165) is 5.41 Å². The Balaban J connectivity index is 2.65. The van der Waals surface area contributed by atoms with Gasteiger partial charge in [-0.3, -0.25) is 4.79 Å². The molecule has 1 heterocycles. The predicted octanol–water partition coefficient (Wildman–Crippen LogP) is 0.731. The Bertz CT molecular complexity index is 585. The highest BCUT2D eigenvalue weighted by atomic mass is 32.2. The fraction of sp³-hybridized carbons (Fsp3) is 0.182. The number of ketones is 1. The number of hydrogen-bond acceptors (Lipinski definition) is 4. The summed E-state index contributed by atoms with van der Waals surface area (Å²) in [5.74, 6) is -0.353. The van der Waals surface area contributed by atoms with E-state index in [0.29, 0.717) is 5.56 Å². The highest BCUT2D eigenvalue weighted by Gasteiger charge is 2.30. The fourth-order valence-corrected chi connectivity index (χ4v) is 3.09. The van der Waals surface area contributed by atoms with Gasteiger partial charge in [0.05, 0.1) is 10.9 Å². The van der Waals surface area contributed by atoms with Crippen molar-refractivity contribution in [3.05, 3.63) is 35.2 Å². The van der Waals surface area contributed by atoms with Crippen molar-refractivity contribution in [3.63, 3.8) is 0 Å². The van der Waals surface area contributed by atoms with Crippen LogP contribution in [0, 0.1) is 0 Å². The van der Waals surface area contributed by atoms with Crippen molar-refractivity contribution >= 4 is 21.2 Å². The summed E-state index contributed by atoms with van der Waals surface area (Å²) >= 11 is 0. The molecule has 16 heavy (non-hydrogen) atoms. The van der Waals surface area contributed by atoms with E-state index < -0.39 is 15.9 Å². The normalized spacial score (nSPS) is 18.8. The zero-order chi connectivity index (χ0) is 11.9. The summed E-state index contributed by atoms with van der Waals surface area (Å²) in [7, 11) is -3.47. The van der Waals surface area contributed by atoms with Crippen LogP contribution >= 0.6 is 0 Å². The van der Waals surface area contributed by atoms with Crippen LogP contribution in [0.4, 0.5) is 0 Å². The molecule has 0 saturated heterocycles. The molecule has 5 heteroatoms. The van der Waals surface area contributed by atoms with Gasteiger partial charge in [0.2, 0.25) is 9.84 Å². The molecular weight excluding hydrogens is 226 g/mol. The maximum Gasteiger partial charge on any atom is 0.201 e. The second kappa shape index (κ2) is 3.54. The molecule has 0 aromatic heterocycles. The van der Waals surface area contributed by atoms with E-state index in [1.54, 1.807) is 18.2 Å². The van der Waals surface area contributed by atoms with Crippen LogP contribution in [0.15, 0.2) is 34.6 Å². The van der Waals surface area contributed by atoms with E-state index in [9.17, 15) is 13.2 Å². The quantitative estimate of drug-likeness (QED) is 0.822. The largest absolute Gasteiger partial charge is 0.321 e. The molecule has 1 aromatic rings. The van der Waals surface area contributed by atoms with Gasteiger partial charge in [0, 0.05) is 16.5 Å². The molecule has 0 saturated carbocycles. The van der Waals surface area contributed by atoms with E-state index in [1.165, 1.54) is 13.0 Å². The van der Waals surface area contributed by atoms with E-state index >= 15 is 0 Å². The van der Waals surface area contributed by atoms with E-state index in [1.807, 2.05) is 0 Å². The summed E-state index contributed by atoms with van der Waals surface area (Å²) in [6.07, 6.45) is 0. The summed E-state index contributed by atoms with van der Waals surface area (Å²) in [5.41, 5.74) is 6.11. The van der Waals surface area contributed by atoms with E-state index in [4.69, 9.17) is 5.73 Å². The number of sulfone groups is 1. The Hall–Kier alpha value is -1.46. The highest BCUT2D eigenvalue weighted by Crippen LogP contribution is 2.33. The average Bonchev–Trinajstić information content (AvgIpc) is 2.51. The van der Waals surface area contributed by atoms with Gasteiger partial charge in [0.1, 0.15) is 0 Å². The van der Waals surface area contributed by atoms with E-state index in [-0.39, 0.29) is 16.3 Å². The molecule has 1 aromatic carbocycles. The maximum absolute atomic E-state index is 11.7. The van der Waals surface area contributed by atoms with Gasteiger partial charge in [-0.2, -0.15) is 0 Å². The Morgan fingerprint density at radius 2 is 1.94 bits per heavy atom. The number of fused-ring (bicyclic) bond motifs is 1. The number of carbonyl (C=O) groups excluding carboxylic acids is 1. The molecule has 0 fully saturated rings. The van der Waals surface area contributed by atoms with Crippen LogP contribution in [0.25, 0.3) is 5.57 Å². The Morgan fingerprint density at radius 3 is 2.56 bits per heavy atom. The van der Waals surface area contributed by atoms with Crippen LogP contribution in [0.1, 0.15) is 12.5 Å². The summed E-state index contributed by atoms with van der Waals surface area (Å²) in [4.78, 5) is 11.9. The predicted molar refractivity (Wildman–Crippen MR) is 60.3 cm³/mol. The Kier molecular flexibility index (Phi) is 2.44. The van der Waals surface area contributed by atoms with Crippen molar-refractivity contribution in [3.8, 4) is 0 Å². The molecule has 0 bridgehead atoms. The zero-order valence-electron chi connectivity index (χ0n) is 8.67. The topological polar surface area (TPSA) is 77.2 Å². The third-order valence-electron chi connectivity index (χ3n) is 2.44. The van der Waals surface area contributed by atoms with Crippen molar-refractivity contribution < 1.29 is 13.2 Å². The van der Waals surface area contributed by atoms with Crippen LogP contribution in [0.3, 0.4) is 0 Å². The summed E-state index contributed by atoms with van der Waals surface area (Å²) in [6, 6.07) is 5.73. The number of rotatable bonds is 2. The van der Waals surface area contributed by atoms with Crippen molar-refractivity contribution in [2.45, 2.75) is 17.9 Å². The molecule has 1 aliphatic heterocycles. The van der Waals surface area contributed by atoms with Crippen molar-refractivity contribution in [1.82, 2.24) is 0 Å². The molecule has 0 radical (unpaired) electrons. The van der Waals surface area contributed by atoms with Gasteiger partial charge in [-0.15, -0.1) is 0 Å². The number of carbonyl (C=O) groups is 1. The lowest BCUT2D eigenvalue weighted by Gasteiger charge is -2.05. The molecule has 2 rings (SSSR count). The van der Waals surface area contributed by atoms with Gasteiger partial charge in [-0.25, -0.2) is 8.42 Å². The van der Waals surface area contributed by atoms with Gasteiger partial charge in [0.15, 0.2) is 5.78 Å². The second-order valence-corrected chi connectivity index (χ2v) is 5.49. The van der Waals surface area contributed by atoms with Crippen molar-refractivity contribution in [1.29, 1.82) is 0 Å². The third kappa shape index (κ3) is 1.58. The minimum atomic E-state index is -3.47. The van der Waals surface area contributed by atoms with Crippen LogP contribution in [-0.4, -0.2) is 20.2 Å². The van der Waals surface area contributed by atoms with Gasteiger partial charge in [-0.05, 0) is 13.0 Å². The number of Topliss-reactive ketones (excluding diaryl/α,β-unsaturated/α-hetero) is 1.